The molecule has 1 aliphatic rings. The average Bonchev–Trinajstić information content (AvgIpc) is 2.46. The number of ether oxygens (including phenoxy) is 1. The summed E-state index contributed by atoms with van der Waals surface area (Å²) in [7, 11) is 0. The van der Waals surface area contributed by atoms with Crippen molar-refractivity contribution in [2.75, 3.05) is 19.8 Å². The van der Waals surface area contributed by atoms with Gasteiger partial charge in [0.1, 0.15) is 0 Å². The summed E-state index contributed by atoms with van der Waals surface area (Å²) in [4.78, 5) is 24.5. The number of carbonyl (C=O) groups is 1. The SMILES string of the molecule is CCC1COCCN1C(=O)c1cc([N+](=O)[O-])ccc1Cl. The Morgan fingerprint density at radius 1 is 1.60 bits per heavy atom. The molecule has 1 unspecified atom stereocenters. The number of nitro groups is 1. The number of nitro benzene ring substituents is 1. The Kier molecular flexibility index (Phi) is 4.57. The van der Waals surface area contributed by atoms with Gasteiger partial charge < -0.3 is 9.64 Å². The van der Waals surface area contributed by atoms with E-state index in [2.05, 4.69) is 0 Å². The van der Waals surface area contributed by atoms with E-state index in [4.69, 9.17) is 16.3 Å². The monoisotopic (exact) mass is 298 g/mol. The second kappa shape index (κ2) is 6.19. The number of hydrogen-bond acceptors (Lipinski definition) is 4. The Morgan fingerprint density at radius 3 is 3.00 bits per heavy atom. The van der Waals surface area contributed by atoms with Crippen molar-refractivity contribution in [2.45, 2.75) is 19.4 Å². The Labute approximate surface area is 121 Å². The number of hydrogen-bond donors (Lipinski definition) is 0. The second-order valence-electron chi connectivity index (χ2n) is 4.56. The average molecular weight is 299 g/mol. The number of halogens is 1. The number of amides is 1. The van der Waals surface area contributed by atoms with E-state index in [1.807, 2.05) is 6.92 Å². The molecule has 1 aromatic rings. The van der Waals surface area contributed by atoms with Gasteiger partial charge in [-0.1, -0.05) is 18.5 Å². The molecular formula is C13H15ClN2O4. The second-order valence-corrected chi connectivity index (χ2v) is 4.96. The van der Waals surface area contributed by atoms with E-state index in [9.17, 15) is 14.9 Å². The molecule has 0 bridgehead atoms. The van der Waals surface area contributed by atoms with Gasteiger partial charge in [-0.2, -0.15) is 0 Å². The van der Waals surface area contributed by atoms with Gasteiger partial charge in [-0.05, 0) is 12.5 Å². The maximum absolute atomic E-state index is 12.5. The van der Waals surface area contributed by atoms with Crippen molar-refractivity contribution >= 4 is 23.2 Å². The number of carbonyl (C=O) groups excluding carboxylic acids is 1. The fourth-order valence-corrected chi connectivity index (χ4v) is 2.40. The molecule has 1 fully saturated rings. The smallest absolute Gasteiger partial charge is 0.270 e. The first-order chi connectivity index (χ1) is 9.54. The van der Waals surface area contributed by atoms with Crippen LogP contribution in [0.1, 0.15) is 23.7 Å². The molecule has 0 aromatic heterocycles. The standard InChI is InChI=1S/C13H15ClN2O4/c1-2-9-8-20-6-5-15(9)13(17)11-7-10(16(18)19)3-4-12(11)14/h3-4,7,9H,2,5-6,8H2,1H3. The lowest BCUT2D eigenvalue weighted by molar-refractivity contribution is -0.384. The molecule has 1 heterocycles. The summed E-state index contributed by atoms with van der Waals surface area (Å²) >= 11 is 6.00. The highest BCUT2D eigenvalue weighted by molar-refractivity contribution is 6.33. The van der Waals surface area contributed by atoms with Gasteiger partial charge in [0.2, 0.25) is 0 Å². The maximum atomic E-state index is 12.5. The first-order valence-corrected chi connectivity index (χ1v) is 6.75. The van der Waals surface area contributed by atoms with Crippen LogP contribution in [0, 0.1) is 10.1 Å². The van der Waals surface area contributed by atoms with Crippen molar-refractivity contribution in [3.8, 4) is 0 Å². The molecule has 0 saturated carbocycles. The van der Waals surface area contributed by atoms with Crippen LogP contribution in [0.3, 0.4) is 0 Å². The van der Waals surface area contributed by atoms with E-state index in [1.54, 1.807) is 4.90 Å². The Hall–Kier alpha value is -1.66. The molecule has 2 rings (SSSR count). The summed E-state index contributed by atoms with van der Waals surface area (Å²) in [5.74, 6) is -0.283. The summed E-state index contributed by atoms with van der Waals surface area (Å²) < 4.78 is 5.35. The predicted octanol–water partition coefficient (Wildman–Crippen LogP) is 2.50. The minimum absolute atomic E-state index is 0.0217. The van der Waals surface area contributed by atoms with Crippen molar-refractivity contribution in [1.29, 1.82) is 0 Å². The molecule has 108 valence electrons. The fourth-order valence-electron chi connectivity index (χ4n) is 2.21. The zero-order valence-electron chi connectivity index (χ0n) is 11.0. The van der Waals surface area contributed by atoms with Crippen LogP contribution in [-0.2, 0) is 4.74 Å². The van der Waals surface area contributed by atoms with Crippen LogP contribution in [-0.4, -0.2) is 41.5 Å². The number of non-ortho nitro benzene ring substituents is 1. The topological polar surface area (TPSA) is 72.7 Å². The van der Waals surface area contributed by atoms with Crippen molar-refractivity contribution < 1.29 is 14.5 Å². The van der Waals surface area contributed by atoms with E-state index in [0.29, 0.717) is 19.8 Å². The fraction of sp³-hybridized carbons (Fsp3) is 0.462. The van der Waals surface area contributed by atoms with Gasteiger partial charge in [0.05, 0.1) is 34.8 Å². The molecule has 0 N–H and O–H groups in total. The number of benzene rings is 1. The van der Waals surface area contributed by atoms with E-state index in [1.165, 1.54) is 18.2 Å². The van der Waals surface area contributed by atoms with Gasteiger partial charge >= 0.3 is 0 Å². The van der Waals surface area contributed by atoms with Crippen LogP contribution in [0.5, 0.6) is 0 Å². The summed E-state index contributed by atoms with van der Waals surface area (Å²) in [5.41, 5.74) is 0.0280. The lowest BCUT2D eigenvalue weighted by Crippen LogP contribution is -2.48. The third kappa shape index (κ3) is 2.91. The summed E-state index contributed by atoms with van der Waals surface area (Å²) in [5, 5.41) is 11.0. The van der Waals surface area contributed by atoms with Gasteiger partial charge in [-0.25, -0.2) is 0 Å². The van der Waals surface area contributed by atoms with Gasteiger partial charge in [-0.15, -0.1) is 0 Å². The molecule has 1 amide bonds. The molecule has 1 saturated heterocycles. The predicted molar refractivity (Wildman–Crippen MR) is 74.0 cm³/mol. The zero-order chi connectivity index (χ0) is 14.7. The van der Waals surface area contributed by atoms with Crippen LogP contribution < -0.4 is 0 Å². The van der Waals surface area contributed by atoms with Gasteiger partial charge in [0.15, 0.2) is 0 Å². The largest absolute Gasteiger partial charge is 0.377 e. The highest BCUT2D eigenvalue weighted by Gasteiger charge is 2.28. The van der Waals surface area contributed by atoms with Crippen molar-refractivity contribution in [3.05, 3.63) is 38.9 Å². The van der Waals surface area contributed by atoms with Crippen LogP contribution in [0.4, 0.5) is 5.69 Å². The number of morpholine rings is 1. The molecule has 1 aromatic carbocycles. The van der Waals surface area contributed by atoms with Crippen LogP contribution in [0.2, 0.25) is 5.02 Å². The van der Waals surface area contributed by atoms with Gasteiger partial charge in [0, 0.05) is 18.7 Å². The van der Waals surface area contributed by atoms with E-state index < -0.39 is 4.92 Å². The highest BCUT2D eigenvalue weighted by Crippen LogP contribution is 2.25. The molecule has 0 radical (unpaired) electrons. The Morgan fingerprint density at radius 2 is 2.35 bits per heavy atom. The van der Waals surface area contributed by atoms with Crippen LogP contribution in [0.15, 0.2) is 18.2 Å². The van der Waals surface area contributed by atoms with Crippen LogP contribution in [0.25, 0.3) is 0 Å². The molecule has 1 atom stereocenters. The molecule has 1 aliphatic heterocycles. The molecular weight excluding hydrogens is 284 g/mol. The normalized spacial score (nSPS) is 18.9. The van der Waals surface area contributed by atoms with Gasteiger partial charge in [-0.3, -0.25) is 14.9 Å². The zero-order valence-corrected chi connectivity index (χ0v) is 11.8. The first kappa shape index (κ1) is 14.7. The Balaban J connectivity index is 2.32. The Bertz CT molecular complexity index is 535. The third-order valence-electron chi connectivity index (χ3n) is 3.35. The molecule has 0 spiro atoms. The third-order valence-corrected chi connectivity index (χ3v) is 3.68. The molecule has 7 heteroatoms. The summed E-state index contributed by atoms with van der Waals surface area (Å²) in [6.07, 6.45) is 0.762. The van der Waals surface area contributed by atoms with Crippen molar-refractivity contribution in [1.82, 2.24) is 4.90 Å². The minimum atomic E-state index is -0.538. The van der Waals surface area contributed by atoms with E-state index in [-0.39, 0.29) is 28.2 Å². The minimum Gasteiger partial charge on any atom is -0.377 e. The first-order valence-electron chi connectivity index (χ1n) is 6.37. The lowest BCUT2D eigenvalue weighted by atomic mass is 10.1. The molecule has 6 nitrogen and oxygen atoms in total. The van der Waals surface area contributed by atoms with E-state index >= 15 is 0 Å². The molecule has 0 aliphatic carbocycles. The van der Waals surface area contributed by atoms with Crippen LogP contribution >= 0.6 is 11.6 Å². The molecule has 20 heavy (non-hydrogen) atoms. The number of rotatable bonds is 3. The summed E-state index contributed by atoms with van der Waals surface area (Å²) in [6.45, 7) is 3.38. The maximum Gasteiger partial charge on any atom is 0.270 e. The quantitative estimate of drug-likeness (QED) is 0.635. The lowest BCUT2D eigenvalue weighted by Gasteiger charge is -2.35. The number of nitrogens with zero attached hydrogens (tertiary/aromatic N) is 2. The summed E-state index contributed by atoms with van der Waals surface area (Å²) in [6, 6.07) is 3.88. The van der Waals surface area contributed by atoms with Crippen molar-refractivity contribution in [2.24, 2.45) is 0 Å². The highest BCUT2D eigenvalue weighted by atomic mass is 35.5. The van der Waals surface area contributed by atoms with E-state index in [0.717, 1.165) is 6.42 Å². The van der Waals surface area contributed by atoms with Crippen molar-refractivity contribution in [3.63, 3.8) is 0 Å². The van der Waals surface area contributed by atoms with Gasteiger partial charge in [0.25, 0.3) is 11.6 Å².